The number of esters is 1. The van der Waals surface area contributed by atoms with Crippen LogP contribution in [0.2, 0.25) is 0 Å². The van der Waals surface area contributed by atoms with E-state index in [1.54, 1.807) is 26.0 Å². The fourth-order valence-electron chi connectivity index (χ4n) is 3.57. The van der Waals surface area contributed by atoms with Crippen molar-refractivity contribution in [1.82, 2.24) is 4.57 Å². The summed E-state index contributed by atoms with van der Waals surface area (Å²) in [6.07, 6.45) is 1.81. The molecule has 4 rings (SSSR count). The summed E-state index contributed by atoms with van der Waals surface area (Å²) in [6, 6.07) is 12.9. The second kappa shape index (κ2) is 8.43. The first-order valence-electron chi connectivity index (χ1n) is 9.91. The van der Waals surface area contributed by atoms with Crippen LogP contribution in [0.1, 0.15) is 36.6 Å². The third kappa shape index (κ3) is 4.01. The van der Waals surface area contributed by atoms with Gasteiger partial charge in [0.15, 0.2) is 4.80 Å². The van der Waals surface area contributed by atoms with Crippen molar-refractivity contribution >= 4 is 23.4 Å². The van der Waals surface area contributed by atoms with Crippen molar-refractivity contribution in [2.45, 2.75) is 26.8 Å². The lowest BCUT2D eigenvalue weighted by molar-refractivity contribution is -0.139. The molecule has 1 aromatic heterocycles. The van der Waals surface area contributed by atoms with Gasteiger partial charge in [0.05, 0.1) is 28.5 Å². The molecule has 2 aromatic carbocycles. The van der Waals surface area contributed by atoms with E-state index in [-0.39, 0.29) is 17.7 Å². The molecule has 0 aliphatic carbocycles. The van der Waals surface area contributed by atoms with Crippen LogP contribution in [0.15, 0.2) is 69.6 Å². The maximum atomic E-state index is 13.6. The number of thiazole rings is 1. The minimum absolute atomic E-state index is 0.198. The van der Waals surface area contributed by atoms with E-state index in [1.807, 2.05) is 37.3 Å². The summed E-state index contributed by atoms with van der Waals surface area (Å²) in [5.41, 5.74) is 3.15. The molecule has 0 amide bonds. The van der Waals surface area contributed by atoms with Gasteiger partial charge in [0.2, 0.25) is 0 Å². The van der Waals surface area contributed by atoms with Gasteiger partial charge in [0, 0.05) is 0 Å². The summed E-state index contributed by atoms with van der Waals surface area (Å²) >= 11 is 1.26. The van der Waals surface area contributed by atoms with E-state index in [9.17, 15) is 14.0 Å². The van der Waals surface area contributed by atoms with E-state index >= 15 is 0 Å². The van der Waals surface area contributed by atoms with Crippen molar-refractivity contribution in [1.29, 1.82) is 0 Å². The maximum Gasteiger partial charge on any atom is 0.338 e. The number of aryl methyl sites for hydroxylation is 1. The minimum Gasteiger partial charge on any atom is -0.463 e. The average Bonchev–Trinajstić information content (AvgIpc) is 3.04. The van der Waals surface area contributed by atoms with Crippen molar-refractivity contribution in [3.63, 3.8) is 0 Å². The van der Waals surface area contributed by atoms with E-state index in [2.05, 4.69) is 4.99 Å². The van der Waals surface area contributed by atoms with Gasteiger partial charge in [-0.05, 0) is 50.1 Å². The van der Waals surface area contributed by atoms with Crippen LogP contribution in [-0.4, -0.2) is 17.1 Å². The molecule has 0 fully saturated rings. The summed E-state index contributed by atoms with van der Waals surface area (Å²) < 4.78 is 20.8. The Hall–Kier alpha value is -3.32. The van der Waals surface area contributed by atoms with Gasteiger partial charge in [0.1, 0.15) is 5.82 Å². The highest BCUT2D eigenvalue weighted by Crippen LogP contribution is 2.30. The van der Waals surface area contributed by atoms with Crippen LogP contribution < -0.4 is 14.9 Å². The second-order valence-corrected chi connectivity index (χ2v) is 8.27. The van der Waals surface area contributed by atoms with Crippen LogP contribution in [0.3, 0.4) is 0 Å². The number of rotatable bonds is 4. The Bertz CT molecular complexity index is 1350. The van der Waals surface area contributed by atoms with Crippen LogP contribution in [0.5, 0.6) is 0 Å². The number of hydrogen-bond donors (Lipinski definition) is 0. The molecule has 0 unspecified atom stereocenters. The van der Waals surface area contributed by atoms with Gasteiger partial charge in [-0.1, -0.05) is 53.3 Å². The van der Waals surface area contributed by atoms with Crippen molar-refractivity contribution in [3.05, 3.63) is 102 Å². The molecular weight excluding hydrogens is 415 g/mol. The molecule has 1 aliphatic rings. The molecule has 2 heterocycles. The van der Waals surface area contributed by atoms with Crippen LogP contribution in [0.4, 0.5) is 4.39 Å². The van der Waals surface area contributed by atoms with Crippen LogP contribution >= 0.6 is 11.3 Å². The molecule has 0 N–H and O–H groups in total. The Labute approximate surface area is 182 Å². The Balaban J connectivity index is 1.94. The number of carbonyl (C=O) groups excluding carboxylic acids is 1. The smallest absolute Gasteiger partial charge is 0.338 e. The predicted molar refractivity (Wildman–Crippen MR) is 118 cm³/mol. The number of halogens is 1. The van der Waals surface area contributed by atoms with Crippen molar-refractivity contribution in [2.75, 3.05) is 6.61 Å². The van der Waals surface area contributed by atoms with E-state index in [1.165, 1.54) is 28.0 Å². The zero-order chi connectivity index (χ0) is 22.1. The third-order valence-electron chi connectivity index (χ3n) is 5.08. The number of benzene rings is 2. The lowest BCUT2D eigenvalue weighted by Gasteiger charge is -2.24. The average molecular weight is 437 g/mol. The summed E-state index contributed by atoms with van der Waals surface area (Å²) in [5, 5.41) is 0. The number of aromatic nitrogens is 1. The van der Waals surface area contributed by atoms with Gasteiger partial charge < -0.3 is 4.74 Å². The third-order valence-corrected chi connectivity index (χ3v) is 6.06. The molecule has 5 nitrogen and oxygen atoms in total. The second-order valence-electron chi connectivity index (χ2n) is 7.26. The summed E-state index contributed by atoms with van der Waals surface area (Å²) in [4.78, 5) is 31.2. The molecule has 1 aliphatic heterocycles. The fourth-order valence-corrected chi connectivity index (χ4v) is 4.61. The van der Waals surface area contributed by atoms with Gasteiger partial charge in [-0.3, -0.25) is 9.36 Å². The molecule has 158 valence electrons. The van der Waals surface area contributed by atoms with Gasteiger partial charge >= 0.3 is 5.97 Å². The van der Waals surface area contributed by atoms with E-state index in [0.29, 0.717) is 20.6 Å². The molecular formula is C24H21FN2O3S. The quantitative estimate of drug-likeness (QED) is 0.590. The zero-order valence-corrected chi connectivity index (χ0v) is 18.2. The fraction of sp³-hybridized carbons (Fsp3) is 0.208. The minimum atomic E-state index is -0.740. The standard InChI is InChI=1S/C24H21FN2O3S/c1-4-30-23(29)20-15(3)26-24-27(21(20)17-9-11-18(25)12-10-17)22(28)19(31-24)13-16-7-5-14(2)6-8-16/h5-13,21H,4H2,1-3H3/t21-/m1/s1. The van der Waals surface area contributed by atoms with Gasteiger partial charge in [-0.25, -0.2) is 14.2 Å². The van der Waals surface area contributed by atoms with Crippen molar-refractivity contribution < 1.29 is 13.9 Å². The van der Waals surface area contributed by atoms with Crippen molar-refractivity contribution in [2.24, 2.45) is 4.99 Å². The molecule has 0 saturated heterocycles. The van der Waals surface area contributed by atoms with E-state index in [0.717, 1.165) is 11.1 Å². The Morgan fingerprint density at radius 3 is 2.48 bits per heavy atom. The maximum absolute atomic E-state index is 13.6. The SMILES string of the molecule is CCOC(=O)C1=C(C)N=c2sc(=Cc3ccc(C)cc3)c(=O)n2[C@@H]1c1ccc(F)cc1. The number of nitrogens with zero attached hydrogens (tertiary/aromatic N) is 2. The lowest BCUT2D eigenvalue weighted by atomic mass is 9.96. The molecule has 0 saturated carbocycles. The Morgan fingerprint density at radius 1 is 1.16 bits per heavy atom. The van der Waals surface area contributed by atoms with Crippen LogP contribution in [-0.2, 0) is 9.53 Å². The normalized spacial score (nSPS) is 16.1. The molecule has 1 atom stereocenters. The van der Waals surface area contributed by atoms with Gasteiger partial charge in [-0.2, -0.15) is 0 Å². The number of ether oxygens (including phenoxy) is 1. The topological polar surface area (TPSA) is 60.7 Å². The van der Waals surface area contributed by atoms with Crippen molar-refractivity contribution in [3.8, 4) is 0 Å². The van der Waals surface area contributed by atoms with E-state index < -0.39 is 17.8 Å². The monoisotopic (exact) mass is 436 g/mol. The highest BCUT2D eigenvalue weighted by Gasteiger charge is 2.33. The molecule has 0 spiro atoms. The van der Waals surface area contributed by atoms with Crippen LogP contribution in [0, 0.1) is 12.7 Å². The highest BCUT2D eigenvalue weighted by atomic mass is 32.1. The first-order valence-corrected chi connectivity index (χ1v) is 10.7. The van der Waals surface area contributed by atoms with Gasteiger partial charge in [0.25, 0.3) is 5.56 Å². The lowest BCUT2D eigenvalue weighted by Crippen LogP contribution is -2.39. The van der Waals surface area contributed by atoms with Gasteiger partial charge in [-0.15, -0.1) is 0 Å². The first kappa shape index (κ1) is 20.9. The summed E-state index contributed by atoms with van der Waals surface area (Å²) in [6.45, 7) is 5.64. The molecule has 7 heteroatoms. The first-order chi connectivity index (χ1) is 14.9. The number of carbonyl (C=O) groups is 1. The van der Waals surface area contributed by atoms with Crippen LogP contribution in [0.25, 0.3) is 6.08 Å². The number of allylic oxidation sites excluding steroid dienone is 1. The largest absolute Gasteiger partial charge is 0.463 e. The number of fused-ring (bicyclic) bond motifs is 1. The predicted octanol–water partition coefficient (Wildman–Crippen LogP) is 3.25. The zero-order valence-electron chi connectivity index (χ0n) is 17.4. The Morgan fingerprint density at radius 2 is 1.84 bits per heavy atom. The summed E-state index contributed by atoms with van der Waals surface area (Å²) in [7, 11) is 0. The molecule has 0 bridgehead atoms. The Kier molecular flexibility index (Phi) is 5.69. The molecule has 31 heavy (non-hydrogen) atoms. The highest BCUT2D eigenvalue weighted by molar-refractivity contribution is 7.07. The summed E-state index contributed by atoms with van der Waals surface area (Å²) in [5.74, 6) is -0.931. The molecule has 0 radical (unpaired) electrons. The number of hydrogen-bond acceptors (Lipinski definition) is 5. The van der Waals surface area contributed by atoms with E-state index in [4.69, 9.17) is 4.74 Å². The molecule has 3 aromatic rings.